The fourth-order valence-electron chi connectivity index (χ4n) is 2.21. The van der Waals surface area contributed by atoms with E-state index in [1.54, 1.807) is 29.3 Å². The van der Waals surface area contributed by atoms with Crippen molar-refractivity contribution in [3.8, 4) is 5.69 Å². The van der Waals surface area contributed by atoms with Gasteiger partial charge in [-0.25, -0.2) is 9.48 Å². The van der Waals surface area contributed by atoms with Crippen LogP contribution < -0.4 is 0 Å². The van der Waals surface area contributed by atoms with Crippen molar-refractivity contribution in [2.75, 3.05) is 7.11 Å². The van der Waals surface area contributed by atoms with Crippen molar-refractivity contribution in [3.63, 3.8) is 0 Å². The lowest BCUT2D eigenvalue weighted by atomic mass is 10.1. The molecule has 0 aliphatic heterocycles. The van der Waals surface area contributed by atoms with Crippen LogP contribution in [-0.2, 0) is 4.74 Å². The molecule has 0 spiro atoms. The normalized spacial score (nSPS) is 10.7. The molecule has 0 saturated carbocycles. The second-order valence-electron chi connectivity index (χ2n) is 4.45. The van der Waals surface area contributed by atoms with E-state index in [9.17, 15) is 4.79 Å². The topological polar surface area (TPSA) is 57.0 Å². The molecule has 2 heterocycles. The molecule has 0 N–H and O–H groups in total. The first-order valence-corrected chi connectivity index (χ1v) is 6.18. The number of hydrogen-bond donors (Lipinski definition) is 0. The Hall–Kier alpha value is -2.69. The number of esters is 1. The summed E-state index contributed by atoms with van der Waals surface area (Å²) in [6, 6.07) is 7.39. The van der Waals surface area contributed by atoms with Gasteiger partial charge in [0.2, 0.25) is 0 Å². The Kier molecular flexibility index (Phi) is 2.95. The Morgan fingerprint density at radius 2 is 2.10 bits per heavy atom. The number of fused-ring (bicyclic) bond motifs is 1. The summed E-state index contributed by atoms with van der Waals surface area (Å²) in [5, 5.41) is 5.14. The van der Waals surface area contributed by atoms with Crippen molar-refractivity contribution in [2.24, 2.45) is 0 Å². The largest absolute Gasteiger partial charge is 0.465 e. The van der Waals surface area contributed by atoms with Crippen LogP contribution in [0.3, 0.4) is 0 Å². The molecule has 3 rings (SSSR count). The maximum Gasteiger partial charge on any atom is 0.338 e. The minimum Gasteiger partial charge on any atom is -0.465 e. The Morgan fingerprint density at radius 3 is 2.85 bits per heavy atom. The van der Waals surface area contributed by atoms with Crippen molar-refractivity contribution in [2.45, 2.75) is 6.92 Å². The highest BCUT2D eigenvalue weighted by molar-refractivity contribution is 6.03. The SMILES string of the molecule is COC(=O)c1cccc2c1cnn2-c1cnccc1C. The molecule has 0 aliphatic carbocycles. The standard InChI is InChI=1S/C15H13N3O2/c1-10-6-7-16-9-14(10)18-13-5-3-4-11(15(19)20-2)12(13)8-17-18/h3-9H,1-2H3. The summed E-state index contributed by atoms with van der Waals surface area (Å²) in [6.07, 6.45) is 5.17. The predicted octanol–water partition coefficient (Wildman–Crippen LogP) is 2.52. The molecule has 2 aromatic heterocycles. The fraction of sp³-hybridized carbons (Fsp3) is 0.133. The smallest absolute Gasteiger partial charge is 0.338 e. The van der Waals surface area contributed by atoms with Crippen LogP contribution in [0, 0.1) is 6.92 Å². The molecule has 0 bridgehead atoms. The molecule has 0 amide bonds. The third kappa shape index (κ3) is 1.84. The highest BCUT2D eigenvalue weighted by Crippen LogP contribution is 2.23. The van der Waals surface area contributed by atoms with Gasteiger partial charge in [0.25, 0.3) is 0 Å². The van der Waals surface area contributed by atoms with Crippen molar-refractivity contribution in [1.82, 2.24) is 14.8 Å². The number of aryl methyl sites for hydroxylation is 1. The van der Waals surface area contributed by atoms with Gasteiger partial charge in [0, 0.05) is 11.6 Å². The average Bonchev–Trinajstić information content (AvgIpc) is 2.90. The Balaban J connectivity index is 2.26. The number of rotatable bonds is 2. The van der Waals surface area contributed by atoms with Gasteiger partial charge in [-0.1, -0.05) is 6.07 Å². The summed E-state index contributed by atoms with van der Waals surface area (Å²) in [7, 11) is 1.37. The van der Waals surface area contributed by atoms with Gasteiger partial charge >= 0.3 is 5.97 Å². The quantitative estimate of drug-likeness (QED) is 0.669. The van der Waals surface area contributed by atoms with Gasteiger partial charge in [0.05, 0.1) is 36.3 Å². The van der Waals surface area contributed by atoms with E-state index in [4.69, 9.17) is 4.74 Å². The number of carbonyl (C=O) groups excluding carboxylic acids is 1. The van der Waals surface area contributed by atoms with E-state index < -0.39 is 0 Å². The van der Waals surface area contributed by atoms with Crippen LogP contribution in [0.4, 0.5) is 0 Å². The molecule has 3 aromatic rings. The third-order valence-corrected chi connectivity index (χ3v) is 3.26. The van der Waals surface area contributed by atoms with E-state index in [2.05, 4.69) is 10.1 Å². The number of nitrogens with zero attached hydrogens (tertiary/aromatic N) is 3. The molecule has 0 atom stereocenters. The van der Waals surface area contributed by atoms with Crippen LogP contribution in [0.25, 0.3) is 16.6 Å². The van der Waals surface area contributed by atoms with Crippen molar-refractivity contribution in [3.05, 3.63) is 54.0 Å². The fourth-order valence-corrected chi connectivity index (χ4v) is 2.21. The van der Waals surface area contributed by atoms with Gasteiger partial charge in [0.15, 0.2) is 0 Å². The Labute approximate surface area is 115 Å². The van der Waals surface area contributed by atoms with Gasteiger partial charge in [-0.05, 0) is 30.7 Å². The number of benzene rings is 1. The molecule has 5 heteroatoms. The highest BCUT2D eigenvalue weighted by atomic mass is 16.5. The molecule has 100 valence electrons. The Morgan fingerprint density at radius 1 is 1.25 bits per heavy atom. The lowest BCUT2D eigenvalue weighted by Gasteiger charge is -2.07. The van der Waals surface area contributed by atoms with E-state index in [1.165, 1.54) is 7.11 Å². The van der Waals surface area contributed by atoms with Crippen LogP contribution in [0.15, 0.2) is 42.9 Å². The van der Waals surface area contributed by atoms with Crippen molar-refractivity contribution in [1.29, 1.82) is 0 Å². The lowest BCUT2D eigenvalue weighted by molar-refractivity contribution is 0.0603. The van der Waals surface area contributed by atoms with E-state index in [0.717, 1.165) is 22.2 Å². The lowest BCUT2D eigenvalue weighted by Crippen LogP contribution is -2.02. The number of methoxy groups -OCH3 is 1. The minimum atomic E-state index is -0.363. The monoisotopic (exact) mass is 267 g/mol. The predicted molar refractivity (Wildman–Crippen MR) is 74.9 cm³/mol. The maximum absolute atomic E-state index is 11.8. The molecule has 1 aromatic carbocycles. The number of hydrogen-bond acceptors (Lipinski definition) is 4. The molecule has 5 nitrogen and oxygen atoms in total. The van der Waals surface area contributed by atoms with E-state index in [1.807, 2.05) is 25.1 Å². The summed E-state index contributed by atoms with van der Waals surface area (Å²) in [5.41, 5.74) is 3.32. The number of aromatic nitrogens is 3. The van der Waals surface area contributed by atoms with Gasteiger partial charge in [-0.15, -0.1) is 0 Å². The van der Waals surface area contributed by atoms with Gasteiger partial charge in [-0.2, -0.15) is 5.10 Å². The van der Waals surface area contributed by atoms with Gasteiger partial charge < -0.3 is 4.74 Å². The van der Waals surface area contributed by atoms with Crippen molar-refractivity contribution < 1.29 is 9.53 Å². The van der Waals surface area contributed by atoms with E-state index in [0.29, 0.717) is 5.56 Å². The molecule has 0 radical (unpaired) electrons. The summed E-state index contributed by atoms with van der Waals surface area (Å²) in [6.45, 7) is 1.99. The molecule has 0 fully saturated rings. The average molecular weight is 267 g/mol. The van der Waals surface area contributed by atoms with Crippen LogP contribution in [0.1, 0.15) is 15.9 Å². The molecule has 20 heavy (non-hydrogen) atoms. The summed E-state index contributed by atoms with van der Waals surface area (Å²) < 4.78 is 6.58. The summed E-state index contributed by atoms with van der Waals surface area (Å²) >= 11 is 0. The van der Waals surface area contributed by atoms with E-state index >= 15 is 0 Å². The zero-order chi connectivity index (χ0) is 14.1. The second-order valence-corrected chi connectivity index (χ2v) is 4.45. The number of pyridine rings is 1. The molecular formula is C15H13N3O2. The Bertz CT molecular complexity index is 793. The van der Waals surface area contributed by atoms with Crippen LogP contribution >= 0.6 is 0 Å². The first kappa shape index (κ1) is 12.3. The van der Waals surface area contributed by atoms with Crippen LogP contribution in [0.5, 0.6) is 0 Å². The maximum atomic E-state index is 11.8. The first-order chi connectivity index (χ1) is 9.72. The zero-order valence-corrected chi connectivity index (χ0v) is 11.2. The summed E-state index contributed by atoms with van der Waals surface area (Å²) in [4.78, 5) is 15.9. The van der Waals surface area contributed by atoms with Crippen LogP contribution in [-0.4, -0.2) is 27.8 Å². The highest BCUT2D eigenvalue weighted by Gasteiger charge is 2.14. The molecule has 0 unspecified atom stereocenters. The van der Waals surface area contributed by atoms with Gasteiger partial charge in [0.1, 0.15) is 0 Å². The third-order valence-electron chi connectivity index (χ3n) is 3.26. The summed E-state index contributed by atoms with van der Waals surface area (Å²) in [5.74, 6) is -0.363. The van der Waals surface area contributed by atoms with Crippen molar-refractivity contribution >= 4 is 16.9 Å². The minimum absolute atomic E-state index is 0.363. The van der Waals surface area contributed by atoms with E-state index in [-0.39, 0.29) is 5.97 Å². The van der Waals surface area contributed by atoms with Crippen LogP contribution in [0.2, 0.25) is 0 Å². The molecule has 0 aliphatic rings. The number of ether oxygens (including phenoxy) is 1. The second kappa shape index (κ2) is 4.77. The van der Waals surface area contributed by atoms with Gasteiger partial charge in [-0.3, -0.25) is 4.98 Å². The molecule has 0 saturated heterocycles. The first-order valence-electron chi connectivity index (χ1n) is 6.18. The zero-order valence-electron chi connectivity index (χ0n) is 11.2. The number of carbonyl (C=O) groups is 1. The molecular weight excluding hydrogens is 254 g/mol.